The van der Waals surface area contributed by atoms with Crippen LogP contribution < -0.4 is 5.32 Å². The van der Waals surface area contributed by atoms with Gasteiger partial charge >= 0.3 is 0 Å². The van der Waals surface area contributed by atoms with E-state index in [0.717, 1.165) is 18.1 Å². The normalized spacial score (nSPS) is 29.5. The maximum Gasteiger partial charge on any atom is 0.167 e. The van der Waals surface area contributed by atoms with Crippen LogP contribution in [0.1, 0.15) is 24.7 Å². The average molecular weight is 167 g/mol. The monoisotopic (exact) mass is 167 g/mol. The molecule has 0 amide bonds. The van der Waals surface area contributed by atoms with Crippen molar-refractivity contribution >= 4 is 0 Å². The Morgan fingerprint density at radius 2 is 2.33 bits per heavy atom. The number of aryl methyl sites for hydroxylation is 1. The third-order valence-electron chi connectivity index (χ3n) is 1.97. The molecule has 0 aliphatic carbocycles. The summed E-state index contributed by atoms with van der Waals surface area (Å²) in [5, 5.41) is 3.27. The summed E-state index contributed by atoms with van der Waals surface area (Å²) in [6.45, 7) is 4.78. The molecular weight excluding hydrogens is 154 g/mol. The van der Waals surface area contributed by atoms with E-state index >= 15 is 0 Å². The largest absolute Gasteiger partial charge is 0.462 e. The molecule has 1 aliphatic rings. The summed E-state index contributed by atoms with van der Waals surface area (Å²) in [6.07, 6.45) is -0.0475. The van der Waals surface area contributed by atoms with Crippen LogP contribution in [0.2, 0.25) is 0 Å². The quantitative estimate of drug-likeness (QED) is 0.689. The van der Waals surface area contributed by atoms with Gasteiger partial charge in [0.15, 0.2) is 6.23 Å². The third-order valence-corrected chi connectivity index (χ3v) is 1.97. The van der Waals surface area contributed by atoms with Crippen molar-refractivity contribution in [2.24, 2.45) is 0 Å². The van der Waals surface area contributed by atoms with E-state index in [1.165, 1.54) is 0 Å². The van der Waals surface area contributed by atoms with Crippen molar-refractivity contribution in [3.63, 3.8) is 0 Å². The van der Waals surface area contributed by atoms with E-state index in [1.54, 1.807) is 0 Å². The van der Waals surface area contributed by atoms with E-state index in [1.807, 2.05) is 19.1 Å². The molecule has 0 aromatic carbocycles. The molecule has 1 aromatic rings. The second-order valence-electron chi connectivity index (χ2n) is 3.23. The molecule has 1 saturated heterocycles. The first kappa shape index (κ1) is 7.83. The van der Waals surface area contributed by atoms with Crippen LogP contribution in [-0.4, -0.2) is 12.6 Å². The summed E-state index contributed by atoms with van der Waals surface area (Å²) < 4.78 is 10.9. The number of ether oxygens (including phenoxy) is 1. The summed E-state index contributed by atoms with van der Waals surface area (Å²) >= 11 is 0. The molecule has 2 atom stereocenters. The lowest BCUT2D eigenvalue weighted by Crippen LogP contribution is -2.21. The summed E-state index contributed by atoms with van der Waals surface area (Å²) in [5.74, 6) is 1.80. The Kier molecular flexibility index (Phi) is 1.90. The zero-order valence-electron chi connectivity index (χ0n) is 7.33. The van der Waals surface area contributed by atoms with Gasteiger partial charge in [0.2, 0.25) is 0 Å². The first-order valence-corrected chi connectivity index (χ1v) is 4.19. The minimum Gasteiger partial charge on any atom is -0.462 e. The number of furan rings is 1. The van der Waals surface area contributed by atoms with E-state index < -0.39 is 0 Å². The van der Waals surface area contributed by atoms with Crippen LogP contribution in [-0.2, 0) is 4.74 Å². The van der Waals surface area contributed by atoms with E-state index in [-0.39, 0.29) is 6.23 Å². The van der Waals surface area contributed by atoms with E-state index in [9.17, 15) is 0 Å². The Balaban J connectivity index is 2.11. The predicted molar refractivity (Wildman–Crippen MR) is 44.7 cm³/mol. The highest BCUT2D eigenvalue weighted by Crippen LogP contribution is 2.21. The molecule has 3 heteroatoms. The van der Waals surface area contributed by atoms with Gasteiger partial charge in [-0.1, -0.05) is 0 Å². The molecule has 0 bridgehead atoms. The van der Waals surface area contributed by atoms with Gasteiger partial charge in [-0.2, -0.15) is 0 Å². The third kappa shape index (κ3) is 1.38. The Labute approximate surface area is 71.7 Å². The highest BCUT2D eigenvalue weighted by Gasteiger charge is 2.24. The molecule has 1 aromatic heterocycles. The number of hydrogen-bond donors (Lipinski definition) is 1. The molecule has 12 heavy (non-hydrogen) atoms. The van der Waals surface area contributed by atoms with Crippen molar-refractivity contribution < 1.29 is 9.15 Å². The SMILES string of the molecule is Cc1ccc(C2NC(C)CO2)o1. The Hall–Kier alpha value is -0.800. The van der Waals surface area contributed by atoms with Gasteiger partial charge in [-0.25, -0.2) is 0 Å². The number of nitrogens with one attached hydrogen (secondary N) is 1. The fourth-order valence-corrected chi connectivity index (χ4v) is 1.35. The second-order valence-corrected chi connectivity index (χ2v) is 3.23. The summed E-state index contributed by atoms with van der Waals surface area (Å²) in [4.78, 5) is 0. The average Bonchev–Trinajstić information content (AvgIpc) is 2.58. The Bertz CT molecular complexity index is 269. The van der Waals surface area contributed by atoms with Gasteiger partial charge in [0, 0.05) is 6.04 Å². The van der Waals surface area contributed by atoms with Crippen molar-refractivity contribution in [1.82, 2.24) is 5.32 Å². The molecule has 1 N–H and O–H groups in total. The standard InChI is InChI=1S/C9H13NO2/c1-6-5-11-9(10-6)8-4-3-7(2)12-8/h3-4,6,9-10H,5H2,1-2H3. The molecule has 1 aliphatic heterocycles. The maximum atomic E-state index is 5.46. The smallest absolute Gasteiger partial charge is 0.167 e. The molecular formula is C9H13NO2. The fourth-order valence-electron chi connectivity index (χ4n) is 1.35. The van der Waals surface area contributed by atoms with E-state index in [2.05, 4.69) is 12.2 Å². The topological polar surface area (TPSA) is 34.4 Å². The van der Waals surface area contributed by atoms with Crippen molar-refractivity contribution in [3.05, 3.63) is 23.7 Å². The van der Waals surface area contributed by atoms with Gasteiger partial charge in [-0.15, -0.1) is 0 Å². The predicted octanol–water partition coefficient (Wildman–Crippen LogP) is 1.59. The lowest BCUT2D eigenvalue weighted by Gasteiger charge is -2.05. The molecule has 2 unspecified atom stereocenters. The van der Waals surface area contributed by atoms with Crippen molar-refractivity contribution in [2.45, 2.75) is 26.1 Å². The van der Waals surface area contributed by atoms with E-state index in [4.69, 9.17) is 9.15 Å². The zero-order valence-corrected chi connectivity index (χ0v) is 7.33. The van der Waals surface area contributed by atoms with Crippen molar-refractivity contribution in [2.75, 3.05) is 6.61 Å². The lowest BCUT2D eigenvalue weighted by atomic mass is 10.3. The molecule has 0 saturated carbocycles. The van der Waals surface area contributed by atoms with Crippen LogP contribution in [0, 0.1) is 6.92 Å². The molecule has 2 heterocycles. The minimum atomic E-state index is -0.0475. The second kappa shape index (κ2) is 2.92. The van der Waals surface area contributed by atoms with Crippen LogP contribution in [0.5, 0.6) is 0 Å². The molecule has 0 radical (unpaired) electrons. The van der Waals surface area contributed by atoms with Gasteiger partial charge < -0.3 is 9.15 Å². The summed E-state index contributed by atoms with van der Waals surface area (Å²) in [6, 6.07) is 4.31. The summed E-state index contributed by atoms with van der Waals surface area (Å²) in [7, 11) is 0. The van der Waals surface area contributed by atoms with Crippen LogP contribution in [0.15, 0.2) is 16.5 Å². The fraction of sp³-hybridized carbons (Fsp3) is 0.556. The highest BCUT2D eigenvalue weighted by molar-refractivity contribution is 5.08. The van der Waals surface area contributed by atoms with Gasteiger partial charge in [0.1, 0.15) is 11.5 Å². The highest BCUT2D eigenvalue weighted by atomic mass is 16.5. The zero-order chi connectivity index (χ0) is 8.55. The molecule has 0 spiro atoms. The number of hydrogen-bond acceptors (Lipinski definition) is 3. The number of rotatable bonds is 1. The van der Waals surface area contributed by atoms with Crippen LogP contribution in [0.3, 0.4) is 0 Å². The molecule has 66 valence electrons. The van der Waals surface area contributed by atoms with E-state index in [0.29, 0.717) is 6.04 Å². The summed E-state index contributed by atoms with van der Waals surface area (Å²) in [5.41, 5.74) is 0. The minimum absolute atomic E-state index is 0.0475. The van der Waals surface area contributed by atoms with Crippen LogP contribution in [0.25, 0.3) is 0 Å². The Morgan fingerprint density at radius 3 is 2.83 bits per heavy atom. The van der Waals surface area contributed by atoms with Gasteiger partial charge in [-0.05, 0) is 26.0 Å². The molecule has 2 rings (SSSR count). The Morgan fingerprint density at radius 1 is 1.50 bits per heavy atom. The molecule has 3 nitrogen and oxygen atoms in total. The lowest BCUT2D eigenvalue weighted by molar-refractivity contribution is 0.0818. The van der Waals surface area contributed by atoms with Gasteiger partial charge in [0.05, 0.1) is 6.61 Å². The van der Waals surface area contributed by atoms with Crippen LogP contribution in [0.4, 0.5) is 0 Å². The van der Waals surface area contributed by atoms with Crippen molar-refractivity contribution in [3.8, 4) is 0 Å². The van der Waals surface area contributed by atoms with Gasteiger partial charge in [-0.3, -0.25) is 5.32 Å². The first-order chi connectivity index (χ1) is 5.75. The molecule has 1 fully saturated rings. The van der Waals surface area contributed by atoms with Crippen molar-refractivity contribution in [1.29, 1.82) is 0 Å². The maximum absolute atomic E-state index is 5.46. The van der Waals surface area contributed by atoms with Gasteiger partial charge in [0.25, 0.3) is 0 Å². The van der Waals surface area contributed by atoms with Crippen LogP contribution >= 0.6 is 0 Å². The first-order valence-electron chi connectivity index (χ1n) is 4.19.